The zero-order valence-electron chi connectivity index (χ0n) is 10.6. The summed E-state index contributed by atoms with van der Waals surface area (Å²) in [5.41, 5.74) is 12.3. The lowest BCUT2D eigenvalue weighted by molar-refractivity contribution is -0.688. The van der Waals surface area contributed by atoms with Gasteiger partial charge in [-0.1, -0.05) is 12.1 Å². The Balaban J connectivity index is 0.00000200. The van der Waals surface area contributed by atoms with E-state index in [1.165, 1.54) is 0 Å². The van der Waals surface area contributed by atoms with Gasteiger partial charge in [-0.05, 0) is 18.2 Å². The number of pyridine rings is 1. The lowest BCUT2D eigenvalue weighted by Crippen LogP contribution is -3.00. The first-order chi connectivity index (χ1) is 9.06. The Morgan fingerprint density at radius 3 is 2.10 bits per heavy atom. The summed E-state index contributed by atoms with van der Waals surface area (Å²) < 4.78 is 1.85. The number of hydrogen-bond acceptors (Lipinski definition) is 2. The van der Waals surface area contributed by atoms with Gasteiger partial charge in [0.25, 0.3) is 5.91 Å². The van der Waals surface area contributed by atoms with Crippen LogP contribution in [0, 0.1) is 0 Å². The van der Waals surface area contributed by atoms with Crippen LogP contribution in [-0.4, -0.2) is 11.8 Å². The molecule has 0 radical (unpaired) electrons. The lowest BCUT2D eigenvalue weighted by atomic mass is 10.1. The van der Waals surface area contributed by atoms with Gasteiger partial charge in [0.05, 0.1) is 0 Å². The van der Waals surface area contributed by atoms with Crippen molar-refractivity contribution >= 4 is 11.8 Å². The minimum absolute atomic E-state index is 0. The number of amides is 2. The Labute approximate surface area is 122 Å². The number of carbonyl (C=O) groups excluding carboxylic acids is 2. The largest absolute Gasteiger partial charge is 1.00 e. The normalized spacial score (nSPS) is 9.60. The Bertz CT molecular complexity index is 627. The van der Waals surface area contributed by atoms with Crippen molar-refractivity contribution in [1.82, 2.24) is 0 Å². The average Bonchev–Trinajstić information content (AvgIpc) is 2.39. The molecule has 0 aliphatic rings. The smallest absolute Gasteiger partial charge is 0.254 e. The first-order valence-corrected chi connectivity index (χ1v) is 5.74. The minimum atomic E-state index is -0.460. The molecule has 20 heavy (non-hydrogen) atoms. The molecule has 2 amide bonds. The van der Waals surface area contributed by atoms with Crippen LogP contribution >= 0.6 is 0 Å². The molecule has 0 bridgehead atoms. The molecule has 5 nitrogen and oxygen atoms in total. The van der Waals surface area contributed by atoms with Crippen LogP contribution < -0.4 is 28.4 Å². The van der Waals surface area contributed by atoms with Gasteiger partial charge in [0.15, 0.2) is 18.9 Å². The van der Waals surface area contributed by atoms with Gasteiger partial charge in [-0.25, -0.2) is 0 Å². The van der Waals surface area contributed by atoms with Gasteiger partial charge in [-0.15, -0.1) is 0 Å². The average molecular weight is 292 g/mol. The monoisotopic (exact) mass is 291 g/mol. The highest BCUT2D eigenvalue weighted by molar-refractivity contribution is 5.92. The molecule has 0 unspecified atom stereocenters. The fourth-order valence-corrected chi connectivity index (χ4v) is 1.75. The predicted molar refractivity (Wildman–Crippen MR) is 69.2 cm³/mol. The summed E-state index contributed by atoms with van der Waals surface area (Å²) in [5.74, 6) is -0.909. The van der Waals surface area contributed by atoms with Crippen LogP contribution in [0.4, 0.5) is 0 Å². The summed E-state index contributed by atoms with van der Waals surface area (Å²) in [4.78, 5) is 22.0. The van der Waals surface area contributed by atoms with Crippen molar-refractivity contribution < 1.29 is 26.6 Å². The first kappa shape index (κ1) is 15.7. The van der Waals surface area contributed by atoms with E-state index in [0.717, 1.165) is 5.56 Å². The topological polar surface area (TPSA) is 90.1 Å². The molecular weight excluding hydrogens is 278 g/mol. The summed E-state index contributed by atoms with van der Waals surface area (Å²) in [7, 11) is 0. The second-order valence-electron chi connectivity index (χ2n) is 4.19. The van der Waals surface area contributed by atoms with E-state index in [9.17, 15) is 9.59 Å². The summed E-state index contributed by atoms with van der Waals surface area (Å²) in [6.45, 7) is 0.583. The molecule has 2 rings (SSSR count). The minimum Gasteiger partial charge on any atom is -1.00 e. The maximum absolute atomic E-state index is 11.1. The molecule has 0 saturated heterocycles. The second kappa shape index (κ2) is 6.68. The number of aromatic nitrogens is 1. The number of benzene rings is 1. The molecule has 0 aliphatic heterocycles. The van der Waals surface area contributed by atoms with Gasteiger partial charge in [-0.2, -0.15) is 4.57 Å². The van der Waals surface area contributed by atoms with E-state index in [0.29, 0.717) is 17.7 Å². The van der Waals surface area contributed by atoms with Crippen molar-refractivity contribution in [1.29, 1.82) is 0 Å². The Morgan fingerprint density at radius 2 is 1.55 bits per heavy atom. The molecular formula is C14H14ClN3O2. The molecule has 1 aromatic heterocycles. The summed E-state index contributed by atoms with van der Waals surface area (Å²) >= 11 is 0. The number of hydrogen-bond donors (Lipinski definition) is 2. The number of nitrogens with zero attached hydrogens (tertiary/aromatic N) is 1. The van der Waals surface area contributed by atoms with Crippen LogP contribution in [0.25, 0.3) is 0 Å². The Hall–Kier alpha value is -2.40. The van der Waals surface area contributed by atoms with E-state index in [2.05, 4.69) is 0 Å². The third kappa shape index (κ3) is 3.80. The van der Waals surface area contributed by atoms with Crippen LogP contribution in [0.3, 0.4) is 0 Å². The van der Waals surface area contributed by atoms with Gasteiger partial charge in [0.1, 0.15) is 5.56 Å². The van der Waals surface area contributed by atoms with E-state index in [1.807, 2.05) is 22.9 Å². The van der Waals surface area contributed by atoms with Crippen molar-refractivity contribution in [2.45, 2.75) is 6.54 Å². The summed E-state index contributed by atoms with van der Waals surface area (Å²) in [6.07, 6.45) is 3.53. The van der Waals surface area contributed by atoms with E-state index >= 15 is 0 Å². The van der Waals surface area contributed by atoms with Crippen LogP contribution in [0.2, 0.25) is 0 Å². The standard InChI is InChI=1S/C14H13N3O2.ClH/c15-13(18)11-5-3-10(4-6-11)8-17-7-1-2-12(9-17)14(16)19;/h1-7,9H,8H2,(H3-,15,16,18,19);1H. The van der Waals surface area contributed by atoms with Crippen molar-refractivity contribution in [3.63, 3.8) is 0 Å². The summed E-state index contributed by atoms with van der Waals surface area (Å²) in [6, 6.07) is 10.4. The molecule has 1 aromatic carbocycles. The van der Waals surface area contributed by atoms with Gasteiger partial charge < -0.3 is 23.9 Å². The highest BCUT2D eigenvalue weighted by Gasteiger charge is 2.08. The summed E-state index contributed by atoms with van der Waals surface area (Å²) in [5, 5.41) is 0. The lowest BCUT2D eigenvalue weighted by Gasteiger charge is -2.00. The van der Waals surface area contributed by atoms with Crippen LogP contribution in [-0.2, 0) is 6.54 Å². The van der Waals surface area contributed by atoms with E-state index in [4.69, 9.17) is 11.5 Å². The number of halogens is 1. The molecule has 104 valence electrons. The van der Waals surface area contributed by atoms with E-state index < -0.39 is 11.8 Å². The molecule has 0 saturated carbocycles. The third-order valence-electron chi connectivity index (χ3n) is 2.75. The van der Waals surface area contributed by atoms with Gasteiger partial charge in [0.2, 0.25) is 5.91 Å². The van der Waals surface area contributed by atoms with Gasteiger partial charge >= 0.3 is 0 Å². The second-order valence-corrected chi connectivity index (χ2v) is 4.19. The molecule has 0 fully saturated rings. The highest BCUT2D eigenvalue weighted by Crippen LogP contribution is 2.03. The van der Waals surface area contributed by atoms with Crippen LogP contribution in [0.5, 0.6) is 0 Å². The maximum Gasteiger partial charge on any atom is 0.254 e. The van der Waals surface area contributed by atoms with Crippen LogP contribution in [0.1, 0.15) is 26.3 Å². The predicted octanol–water partition coefficient (Wildman–Crippen LogP) is -2.78. The van der Waals surface area contributed by atoms with Crippen LogP contribution in [0.15, 0.2) is 48.8 Å². The van der Waals surface area contributed by atoms with Crippen molar-refractivity contribution in [3.8, 4) is 0 Å². The molecule has 2 aromatic rings. The number of primary amides is 2. The van der Waals surface area contributed by atoms with Crippen molar-refractivity contribution in [2.75, 3.05) is 0 Å². The molecule has 0 spiro atoms. The highest BCUT2D eigenvalue weighted by atomic mass is 35.5. The molecule has 0 atom stereocenters. The number of nitrogens with two attached hydrogens (primary N) is 2. The zero-order valence-corrected chi connectivity index (χ0v) is 11.4. The number of carbonyl (C=O) groups is 2. The van der Waals surface area contributed by atoms with Gasteiger partial charge in [0, 0.05) is 17.2 Å². The fraction of sp³-hybridized carbons (Fsp3) is 0.0714. The van der Waals surface area contributed by atoms with E-state index in [-0.39, 0.29) is 12.4 Å². The Morgan fingerprint density at radius 1 is 0.950 bits per heavy atom. The molecule has 4 N–H and O–H groups in total. The Kier molecular flexibility index (Phi) is 5.23. The maximum atomic E-state index is 11.1. The van der Waals surface area contributed by atoms with Crippen molar-refractivity contribution in [3.05, 3.63) is 65.5 Å². The number of rotatable bonds is 4. The van der Waals surface area contributed by atoms with Gasteiger partial charge in [-0.3, -0.25) is 9.59 Å². The molecule has 6 heteroatoms. The fourth-order valence-electron chi connectivity index (χ4n) is 1.75. The quantitative estimate of drug-likeness (QED) is 0.597. The van der Waals surface area contributed by atoms with E-state index in [1.54, 1.807) is 30.5 Å². The SMILES string of the molecule is NC(=O)c1ccc(C[n+]2cccc(C(N)=O)c2)cc1.[Cl-]. The molecule has 0 aliphatic carbocycles. The molecule has 1 heterocycles. The third-order valence-corrected chi connectivity index (χ3v) is 2.75. The zero-order chi connectivity index (χ0) is 13.8. The van der Waals surface area contributed by atoms with Crippen molar-refractivity contribution in [2.24, 2.45) is 11.5 Å². The first-order valence-electron chi connectivity index (χ1n) is 5.74.